The highest BCUT2D eigenvalue weighted by atomic mass is 16.5. The van der Waals surface area contributed by atoms with Crippen LogP contribution in [0.2, 0.25) is 0 Å². The van der Waals surface area contributed by atoms with Gasteiger partial charge in [-0.2, -0.15) is 0 Å². The molecule has 100 valence electrons. The highest BCUT2D eigenvalue weighted by molar-refractivity contribution is 5.80. The van der Waals surface area contributed by atoms with Crippen LogP contribution in [0.4, 0.5) is 0 Å². The molecule has 0 saturated heterocycles. The number of hydrogen-bond acceptors (Lipinski definition) is 3. The maximum absolute atomic E-state index is 11.6. The second-order valence-corrected chi connectivity index (χ2v) is 4.30. The normalized spacial score (nSPS) is 13.8. The quantitative estimate of drug-likeness (QED) is 0.813. The summed E-state index contributed by atoms with van der Waals surface area (Å²) in [5, 5.41) is 12.2. The second kappa shape index (κ2) is 7.01. The zero-order valence-corrected chi connectivity index (χ0v) is 11.1. The molecule has 0 spiro atoms. The topological polar surface area (TPSA) is 58.6 Å². The molecule has 0 aliphatic rings. The Kier molecular flexibility index (Phi) is 5.65. The van der Waals surface area contributed by atoms with E-state index in [0.29, 0.717) is 12.3 Å². The minimum absolute atomic E-state index is 0.126. The molecule has 4 heteroatoms. The van der Waals surface area contributed by atoms with Gasteiger partial charge in [0.2, 0.25) is 0 Å². The molecule has 0 heterocycles. The van der Waals surface area contributed by atoms with Gasteiger partial charge in [0.15, 0.2) is 6.10 Å². The smallest absolute Gasteiger partial charge is 0.260 e. The van der Waals surface area contributed by atoms with Crippen LogP contribution in [0.1, 0.15) is 38.9 Å². The van der Waals surface area contributed by atoms with E-state index in [1.165, 1.54) is 0 Å². The summed E-state index contributed by atoms with van der Waals surface area (Å²) in [5.74, 6) is 0.465. The summed E-state index contributed by atoms with van der Waals surface area (Å²) in [6.45, 7) is 6.05. The third kappa shape index (κ3) is 4.37. The van der Waals surface area contributed by atoms with Crippen LogP contribution in [0.15, 0.2) is 24.3 Å². The number of carbonyl (C=O) groups is 1. The Balaban J connectivity index is 2.61. The van der Waals surface area contributed by atoms with Crippen LogP contribution in [0.5, 0.6) is 5.75 Å². The molecular weight excluding hydrogens is 230 g/mol. The summed E-state index contributed by atoms with van der Waals surface area (Å²) in [6, 6.07) is 7.14. The van der Waals surface area contributed by atoms with E-state index in [1.807, 2.05) is 13.0 Å². The molecule has 2 N–H and O–H groups in total. The fourth-order valence-corrected chi connectivity index (χ4v) is 1.50. The van der Waals surface area contributed by atoms with E-state index in [9.17, 15) is 9.90 Å². The number of aliphatic hydroxyl groups excluding tert-OH is 1. The lowest BCUT2D eigenvalue weighted by atomic mass is 10.1. The maximum atomic E-state index is 11.6. The molecule has 1 aromatic rings. The van der Waals surface area contributed by atoms with Crippen LogP contribution >= 0.6 is 0 Å². The molecule has 1 aromatic carbocycles. The Morgan fingerprint density at radius 2 is 2.17 bits per heavy atom. The van der Waals surface area contributed by atoms with Crippen molar-refractivity contribution in [1.82, 2.24) is 5.32 Å². The van der Waals surface area contributed by atoms with Crippen LogP contribution in [0, 0.1) is 0 Å². The monoisotopic (exact) mass is 251 g/mol. The van der Waals surface area contributed by atoms with Gasteiger partial charge in [-0.05, 0) is 38.0 Å². The van der Waals surface area contributed by atoms with Gasteiger partial charge < -0.3 is 15.2 Å². The number of nitrogens with one attached hydrogen (secondary N) is 1. The molecule has 0 fully saturated rings. The molecule has 2 atom stereocenters. The van der Waals surface area contributed by atoms with Gasteiger partial charge in [0.25, 0.3) is 5.91 Å². The molecule has 1 rings (SSSR count). The number of aliphatic hydroxyl groups is 1. The zero-order valence-electron chi connectivity index (χ0n) is 11.1. The lowest BCUT2D eigenvalue weighted by Gasteiger charge is -2.15. The van der Waals surface area contributed by atoms with Crippen LogP contribution in [0.3, 0.4) is 0 Å². The average molecular weight is 251 g/mol. The predicted octanol–water partition coefficient (Wildman–Crippen LogP) is 2.03. The van der Waals surface area contributed by atoms with Crippen LogP contribution < -0.4 is 10.1 Å². The van der Waals surface area contributed by atoms with Crippen LogP contribution in [0.25, 0.3) is 0 Å². The largest absolute Gasteiger partial charge is 0.481 e. The third-order valence-electron chi connectivity index (χ3n) is 2.57. The van der Waals surface area contributed by atoms with Crippen molar-refractivity contribution in [1.29, 1.82) is 0 Å². The number of benzene rings is 1. The van der Waals surface area contributed by atoms with Gasteiger partial charge in [0, 0.05) is 6.54 Å². The Bertz CT molecular complexity index is 390. The molecule has 0 saturated carbocycles. The number of carbonyl (C=O) groups excluding carboxylic acids is 1. The third-order valence-corrected chi connectivity index (χ3v) is 2.57. The first-order chi connectivity index (χ1) is 8.54. The Labute approximate surface area is 108 Å². The van der Waals surface area contributed by atoms with Crippen molar-refractivity contribution in [2.75, 3.05) is 6.54 Å². The van der Waals surface area contributed by atoms with Crippen LogP contribution in [-0.4, -0.2) is 23.7 Å². The van der Waals surface area contributed by atoms with Crippen molar-refractivity contribution in [2.45, 2.75) is 39.4 Å². The summed E-state index contributed by atoms with van der Waals surface area (Å²) >= 11 is 0. The van der Waals surface area contributed by atoms with Gasteiger partial charge in [0.05, 0.1) is 6.10 Å². The minimum Gasteiger partial charge on any atom is -0.481 e. The van der Waals surface area contributed by atoms with E-state index >= 15 is 0 Å². The fourth-order valence-electron chi connectivity index (χ4n) is 1.50. The maximum Gasteiger partial charge on any atom is 0.260 e. The van der Waals surface area contributed by atoms with Crippen LogP contribution in [-0.2, 0) is 4.79 Å². The number of hydrogen-bond donors (Lipinski definition) is 2. The van der Waals surface area contributed by atoms with E-state index in [1.54, 1.807) is 32.0 Å². The summed E-state index contributed by atoms with van der Waals surface area (Å²) in [4.78, 5) is 11.6. The summed E-state index contributed by atoms with van der Waals surface area (Å²) < 4.78 is 5.54. The van der Waals surface area contributed by atoms with Crippen molar-refractivity contribution in [2.24, 2.45) is 0 Å². The minimum atomic E-state index is -0.544. The fraction of sp³-hybridized carbons (Fsp3) is 0.500. The summed E-state index contributed by atoms with van der Waals surface area (Å²) in [5.41, 5.74) is 0.772. The molecule has 0 bridgehead atoms. The Hall–Kier alpha value is -1.55. The molecule has 1 unspecified atom stereocenters. The Morgan fingerprint density at radius 1 is 1.44 bits per heavy atom. The van der Waals surface area contributed by atoms with Gasteiger partial charge in [0.1, 0.15) is 5.75 Å². The highest BCUT2D eigenvalue weighted by Gasteiger charge is 2.14. The lowest BCUT2D eigenvalue weighted by Crippen LogP contribution is -2.36. The SMILES string of the molecule is CCCNC(=O)C(C)Oc1cccc([C@H](C)O)c1. The molecule has 1 amide bonds. The van der Waals surface area contributed by atoms with E-state index < -0.39 is 12.2 Å². The highest BCUT2D eigenvalue weighted by Crippen LogP contribution is 2.19. The van der Waals surface area contributed by atoms with E-state index in [2.05, 4.69) is 5.32 Å². The van der Waals surface area contributed by atoms with Crippen molar-refractivity contribution in [3.63, 3.8) is 0 Å². The van der Waals surface area contributed by atoms with Gasteiger partial charge >= 0.3 is 0 Å². The van der Waals surface area contributed by atoms with Gasteiger partial charge in [-0.25, -0.2) is 0 Å². The number of amides is 1. The molecule has 0 aliphatic carbocycles. The van der Waals surface area contributed by atoms with Crippen molar-refractivity contribution in [3.8, 4) is 5.75 Å². The standard InChI is InChI=1S/C14H21NO3/c1-4-8-15-14(17)11(3)18-13-7-5-6-12(9-13)10(2)16/h5-7,9-11,16H,4,8H2,1-3H3,(H,15,17)/t10-,11?/m0/s1. The van der Waals surface area contributed by atoms with Crippen molar-refractivity contribution < 1.29 is 14.6 Å². The zero-order chi connectivity index (χ0) is 13.5. The lowest BCUT2D eigenvalue weighted by molar-refractivity contribution is -0.127. The van der Waals surface area contributed by atoms with Crippen molar-refractivity contribution in [3.05, 3.63) is 29.8 Å². The molecular formula is C14H21NO3. The molecule has 4 nitrogen and oxygen atoms in total. The summed E-state index contributed by atoms with van der Waals surface area (Å²) in [7, 11) is 0. The van der Waals surface area contributed by atoms with E-state index in [-0.39, 0.29) is 5.91 Å². The van der Waals surface area contributed by atoms with Gasteiger partial charge in [-0.15, -0.1) is 0 Å². The molecule has 0 aliphatic heterocycles. The van der Waals surface area contributed by atoms with E-state index in [4.69, 9.17) is 4.74 Å². The number of ether oxygens (including phenoxy) is 1. The predicted molar refractivity (Wildman–Crippen MR) is 70.5 cm³/mol. The van der Waals surface area contributed by atoms with Gasteiger partial charge in [-0.3, -0.25) is 4.79 Å². The number of rotatable bonds is 6. The van der Waals surface area contributed by atoms with E-state index in [0.717, 1.165) is 12.0 Å². The molecule has 0 radical (unpaired) electrons. The second-order valence-electron chi connectivity index (χ2n) is 4.30. The molecule has 0 aromatic heterocycles. The molecule has 18 heavy (non-hydrogen) atoms. The first-order valence-electron chi connectivity index (χ1n) is 6.27. The van der Waals surface area contributed by atoms with Gasteiger partial charge in [-0.1, -0.05) is 19.1 Å². The van der Waals surface area contributed by atoms with Crippen molar-refractivity contribution >= 4 is 5.91 Å². The first-order valence-corrected chi connectivity index (χ1v) is 6.27. The average Bonchev–Trinajstić information content (AvgIpc) is 2.36. The Morgan fingerprint density at radius 3 is 2.78 bits per heavy atom. The summed E-state index contributed by atoms with van der Waals surface area (Å²) in [6.07, 6.45) is -0.186. The first kappa shape index (κ1) is 14.5.